The van der Waals surface area contributed by atoms with Gasteiger partial charge in [-0.05, 0) is 6.92 Å². The van der Waals surface area contributed by atoms with Crippen LogP contribution in [0.3, 0.4) is 0 Å². The fraction of sp³-hybridized carbons (Fsp3) is 0.889. The number of aliphatic hydroxyl groups excluding tert-OH is 4. The maximum Gasteiger partial charge on any atom is 0.335 e. The van der Waals surface area contributed by atoms with Gasteiger partial charge in [-0.2, -0.15) is 0 Å². The zero-order valence-electron chi connectivity index (χ0n) is 8.78. The summed E-state index contributed by atoms with van der Waals surface area (Å²) in [4.78, 5) is 10.9. The lowest BCUT2D eigenvalue weighted by Crippen LogP contribution is -2.60. The van der Waals surface area contributed by atoms with Crippen LogP contribution in [0.5, 0.6) is 0 Å². The summed E-state index contributed by atoms with van der Waals surface area (Å²) in [6.45, 7) is 0.547. The van der Waals surface area contributed by atoms with Crippen LogP contribution in [0, 0.1) is 0 Å². The first-order chi connectivity index (χ1) is 7.31. The van der Waals surface area contributed by atoms with Gasteiger partial charge >= 0.3 is 5.97 Å². The molecular weight excluding hydrogens is 220 g/mol. The van der Waals surface area contributed by atoms with Crippen molar-refractivity contribution in [3.63, 3.8) is 0 Å². The highest BCUT2D eigenvalue weighted by molar-refractivity contribution is 5.77. The van der Waals surface area contributed by atoms with Crippen LogP contribution >= 0.6 is 0 Å². The maximum atomic E-state index is 10.9. The Morgan fingerprint density at radius 3 is 2.56 bits per heavy atom. The molecule has 0 aromatic carbocycles. The minimum Gasteiger partial charge on any atom is -0.479 e. The normalized spacial score (nSPS) is 41.7. The average molecular weight is 236 g/mol. The van der Waals surface area contributed by atoms with Crippen LogP contribution in [0.4, 0.5) is 0 Å². The van der Waals surface area contributed by atoms with Crippen molar-refractivity contribution in [2.45, 2.75) is 43.4 Å². The second kappa shape index (κ2) is 4.64. The van der Waals surface area contributed by atoms with Crippen LogP contribution in [-0.4, -0.2) is 68.1 Å². The van der Waals surface area contributed by atoms with E-state index in [1.807, 2.05) is 0 Å². The van der Waals surface area contributed by atoms with E-state index in [4.69, 9.17) is 14.9 Å². The van der Waals surface area contributed by atoms with Crippen molar-refractivity contribution < 1.29 is 35.1 Å². The average Bonchev–Trinajstić information content (AvgIpc) is 2.22. The van der Waals surface area contributed by atoms with E-state index in [1.54, 1.807) is 0 Å². The number of carbonyl (C=O) groups is 1. The van der Waals surface area contributed by atoms with Gasteiger partial charge in [0.2, 0.25) is 0 Å². The second-order valence-corrected chi connectivity index (χ2v) is 4.13. The monoisotopic (exact) mass is 236 g/mol. The summed E-state index contributed by atoms with van der Waals surface area (Å²) >= 11 is 0. The van der Waals surface area contributed by atoms with Crippen molar-refractivity contribution in [3.05, 3.63) is 0 Å². The molecular formula is C9H16O7. The Kier molecular flexibility index (Phi) is 3.87. The highest BCUT2D eigenvalue weighted by Crippen LogP contribution is 2.30. The van der Waals surface area contributed by atoms with Crippen molar-refractivity contribution in [1.29, 1.82) is 0 Å². The van der Waals surface area contributed by atoms with Crippen molar-refractivity contribution in [1.82, 2.24) is 0 Å². The first kappa shape index (κ1) is 13.3. The molecule has 0 aliphatic carbocycles. The lowest BCUT2D eigenvalue weighted by molar-refractivity contribution is -0.241. The molecule has 1 saturated heterocycles. The highest BCUT2D eigenvalue weighted by Gasteiger charge is 2.49. The summed E-state index contributed by atoms with van der Waals surface area (Å²) in [7, 11) is 0. The topological polar surface area (TPSA) is 127 Å². The van der Waals surface area contributed by atoms with Crippen molar-refractivity contribution in [2.75, 3.05) is 6.61 Å². The van der Waals surface area contributed by atoms with Gasteiger partial charge in [-0.3, -0.25) is 0 Å². The molecule has 1 fully saturated rings. The van der Waals surface area contributed by atoms with Crippen LogP contribution in [0.2, 0.25) is 0 Å². The standard InChI is InChI=1S/C9H16O7/c1-9(8(14)15)2-4(11)6(13)7(16-9)5(12)3-10/h4-7,10-13H,2-3H2,1H3,(H,14,15)/t4?,5-,6?,7?,9?/m1/s1. The van der Waals surface area contributed by atoms with Gasteiger partial charge in [-0.15, -0.1) is 0 Å². The second-order valence-electron chi connectivity index (χ2n) is 4.13. The number of carboxylic acids is 1. The van der Waals surface area contributed by atoms with Gasteiger partial charge in [0.05, 0.1) is 12.7 Å². The van der Waals surface area contributed by atoms with E-state index < -0.39 is 42.6 Å². The molecule has 7 heteroatoms. The number of hydrogen-bond donors (Lipinski definition) is 5. The molecule has 0 saturated carbocycles. The van der Waals surface area contributed by atoms with Gasteiger partial charge in [0.15, 0.2) is 5.60 Å². The number of aliphatic hydroxyl groups is 4. The van der Waals surface area contributed by atoms with Gasteiger partial charge in [0, 0.05) is 6.42 Å². The van der Waals surface area contributed by atoms with Crippen LogP contribution in [0.1, 0.15) is 13.3 Å². The Bertz CT molecular complexity index is 269. The summed E-state index contributed by atoms with van der Waals surface area (Å²) in [6, 6.07) is 0. The van der Waals surface area contributed by atoms with Crippen LogP contribution in [0.15, 0.2) is 0 Å². The number of aliphatic carboxylic acids is 1. The molecule has 7 nitrogen and oxygen atoms in total. The Morgan fingerprint density at radius 1 is 1.56 bits per heavy atom. The van der Waals surface area contributed by atoms with E-state index in [9.17, 15) is 20.1 Å². The summed E-state index contributed by atoms with van der Waals surface area (Å²) in [5.41, 5.74) is -1.68. The van der Waals surface area contributed by atoms with Gasteiger partial charge in [-0.25, -0.2) is 4.79 Å². The van der Waals surface area contributed by atoms with E-state index in [0.29, 0.717) is 0 Å². The molecule has 0 amide bonds. The number of hydrogen-bond acceptors (Lipinski definition) is 6. The Morgan fingerprint density at radius 2 is 2.12 bits per heavy atom. The lowest BCUT2D eigenvalue weighted by atomic mass is 9.87. The number of rotatable bonds is 3. The molecule has 1 rings (SSSR count). The van der Waals surface area contributed by atoms with E-state index in [1.165, 1.54) is 6.92 Å². The SMILES string of the molecule is CC1(C(=O)O)CC(O)C(O)C([C@H](O)CO)O1. The summed E-state index contributed by atoms with van der Waals surface area (Å²) in [5.74, 6) is -1.30. The molecule has 1 aliphatic heterocycles. The third kappa shape index (κ3) is 2.33. The first-order valence-corrected chi connectivity index (χ1v) is 4.88. The molecule has 0 bridgehead atoms. The summed E-state index contributed by atoms with van der Waals surface area (Å²) in [6.07, 6.45) is -5.79. The lowest BCUT2D eigenvalue weighted by Gasteiger charge is -2.42. The molecule has 0 aromatic heterocycles. The third-order valence-electron chi connectivity index (χ3n) is 2.74. The maximum absolute atomic E-state index is 10.9. The van der Waals surface area contributed by atoms with E-state index in [-0.39, 0.29) is 6.42 Å². The van der Waals surface area contributed by atoms with Crippen LogP contribution < -0.4 is 0 Å². The van der Waals surface area contributed by atoms with Gasteiger partial charge < -0.3 is 30.3 Å². The zero-order valence-corrected chi connectivity index (χ0v) is 8.78. The number of ether oxygens (including phenoxy) is 1. The molecule has 1 heterocycles. The number of carboxylic acid groups (broad SMARTS) is 1. The van der Waals surface area contributed by atoms with E-state index in [2.05, 4.69) is 0 Å². The molecule has 5 N–H and O–H groups in total. The van der Waals surface area contributed by atoms with Crippen molar-refractivity contribution >= 4 is 5.97 Å². The molecule has 0 aromatic rings. The Hall–Kier alpha value is -0.730. The highest BCUT2D eigenvalue weighted by atomic mass is 16.6. The first-order valence-electron chi connectivity index (χ1n) is 4.88. The molecule has 1 aliphatic rings. The van der Waals surface area contributed by atoms with Gasteiger partial charge in [0.25, 0.3) is 0 Å². The third-order valence-corrected chi connectivity index (χ3v) is 2.74. The quantitative estimate of drug-likeness (QED) is 0.372. The molecule has 94 valence electrons. The molecule has 0 spiro atoms. The van der Waals surface area contributed by atoms with E-state index >= 15 is 0 Å². The van der Waals surface area contributed by atoms with Gasteiger partial charge in [-0.1, -0.05) is 0 Å². The molecule has 4 unspecified atom stereocenters. The minimum atomic E-state index is -1.68. The minimum absolute atomic E-state index is 0.280. The predicted octanol–water partition coefficient (Wildman–Crippen LogP) is -2.31. The van der Waals surface area contributed by atoms with Crippen molar-refractivity contribution in [3.8, 4) is 0 Å². The fourth-order valence-electron chi connectivity index (χ4n) is 1.70. The van der Waals surface area contributed by atoms with Crippen LogP contribution in [0.25, 0.3) is 0 Å². The van der Waals surface area contributed by atoms with Gasteiger partial charge in [0.1, 0.15) is 18.3 Å². The predicted molar refractivity (Wildman–Crippen MR) is 50.6 cm³/mol. The Balaban J connectivity index is 2.89. The zero-order chi connectivity index (χ0) is 12.5. The molecule has 0 radical (unpaired) electrons. The molecule has 16 heavy (non-hydrogen) atoms. The summed E-state index contributed by atoms with van der Waals surface area (Å²) in [5, 5.41) is 46.0. The Labute approximate surface area is 91.9 Å². The van der Waals surface area contributed by atoms with Crippen molar-refractivity contribution in [2.24, 2.45) is 0 Å². The smallest absolute Gasteiger partial charge is 0.335 e. The largest absolute Gasteiger partial charge is 0.479 e. The fourth-order valence-corrected chi connectivity index (χ4v) is 1.70. The van der Waals surface area contributed by atoms with E-state index in [0.717, 1.165) is 0 Å². The van der Waals surface area contributed by atoms with Crippen LogP contribution in [-0.2, 0) is 9.53 Å². The molecule has 5 atom stereocenters. The summed E-state index contributed by atoms with van der Waals surface area (Å²) < 4.78 is 5.05.